The van der Waals surface area contributed by atoms with Crippen LogP contribution in [0.1, 0.15) is 21.6 Å². The van der Waals surface area contributed by atoms with E-state index < -0.39 is 0 Å². The summed E-state index contributed by atoms with van der Waals surface area (Å²) in [7, 11) is 1.88. The van der Waals surface area contributed by atoms with E-state index in [9.17, 15) is 4.79 Å². The molecule has 9 nitrogen and oxygen atoms in total. The van der Waals surface area contributed by atoms with Gasteiger partial charge in [-0.1, -0.05) is 18.2 Å². The summed E-state index contributed by atoms with van der Waals surface area (Å²) in [5, 5.41) is 28.3. The maximum Gasteiger partial charge on any atom is 0.276 e. The number of hydrogen-bond acceptors (Lipinski definition) is 5. The Morgan fingerprint density at radius 1 is 1.19 bits per heavy atom. The second-order valence-corrected chi connectivity index (χ2v) is 7.37. The Hall–Kier alpha value is -4.71. The standard InChI is InChI=1S/C23H18N8O/c1-30-21(7-8-25-30)17-5-6-19-20(10-17)28-29-22(19)23(32)27-18-12-26-31(14-18)13-16-4-2-3-15(9-16)11-24/h2-10,12,14H,13H2,1H3,(H,27,32)(H,28,29). The van der Waals surface area contributed by atoms with E-state index in [2.05, 4.69) is 31.8 Å². The minimum Gasteiger partial charge on any atom is -0.318 e. The first-order valence-electron chi connectivity index (χ1n) is 9.90. The molecule has 0 aliphatic heterocycles. The molecule has 5 aromatic rings. The molecule has 32 heavy (non-hydrogen) atoms. The first-order chi connectivity index (χ1) is 15.6. The Morgan fingerprint density at radius 2 is 2.09 bits per heavy atom. The Bertz CT molecular complexity index is 1480. The predicted octanol–water partition coefficient (Wildman–Crippen LogP) is 3.33. The zero-order valence-electron chi connectivity index (χ0n) is 17.1. The van der Waals surface area contributed by atoms with Crippen molar-refractivity contribution in [2.45, 2.75) is 6.54 Å². The highest BCUT2D eigenvalue weighted by Crippen LogP contribution is 2.25. The van der Waals surface area contributed by atoms with E-state index in [0.717, 1.165) is 27.7 Å². The summed E-state index contributed by atoms with van der Waals surface area (Å²) in [6.45, 7) is 0.494. The number of H-pyrrole nitrogens is 1. The maximum absolute atomic E-state index is 12.8. The van der Waals surface area contributed by atoms with Gasteiger partial charge < -0.3 is 5.32 Å². The van der Waals surface area contributed by atoms with Crippen LogP contribution in [0.4, 0.5) is 5.69 Å². The summed E-state index contributed by atoms with van der Waals surface area (Å²) in [6, 6.07) is 17.2. The SMILES string of the molecule is Cn1nccc1-c1ccc2c(C(=O)Nc3cnn(Cc4cccc(C#N)c4)c3)n[nH]c2c1. The Balaban J connectivity index is 1.33. The highest BCUT2D eigenvalue weighted by molar-refractivity contribution is 6.11. The Labute approximate surface area is 182 Å². The molecule has 0 spiro atoms. The molecule has 0 unspecified atom stereocenters. The number of nitrogens with one attached hydrogen (secondary N) is 2. The van der Waals surface area contributed by atoms with Crippen LogP contribution in [0, 0.1) is 11.3 Å². The third-order valence-electron chi connectivity index (χ3n) is 5.19. The molecule has 2 aromatic carbocycles. The average Bonchev–Trinajstić information content (AvgIpc) is 3.53. The van der Waals surface area contributed by atoms with Crippen molar-refractivity contribution in [3.05, 3.63) is 83.9 Å². The number of hydrogen-bond donors (Lipinski definition) is 2. The fourth-order valence-electron chi connectivity index (χ4n) is 3.64. The number of aryl methyl sites for hydroxylation is 1. The lowest BCUT2D eigenvalue weighted by Gasteiger charge is -2.03. The highest BCUT2D eigenvalue weighted by atomic mass is 16.2. The van der Waals surface area contributed by atoms with Gasteiger partial charge in [-0.05, 0) is 35.9 Å². The van der Waals surface area contributed by atoms with Gasteiger partial charge in [0.15, 0.2) is 5.69 Å². The minimum atomic E-state index is -0.324. The molecule has 0 atom stereocenters. The van der Waals surface area contributed by atoms with Crippen LogP contribution >= 0.6 is 0 Å². The largest absolute Gasteiger partial charge is 0.318 e. The molecule has 0 aliphatic carbocycles. The molecule has 1 amide bonds. The summed E-state index contributed by atoms with van der Waals surface area (Å²) in [5.41, 5.74) is 5.14. The number of carbonyl (C=O) groups excluding carboxylic acids is 1. The molecule has 0 saturated carbocycles. The molecular formula is C23H18N8O. The summed E-state index contributed by atoms with van der Waals surface area (Å²) in [6.07, 6.45) is 5.07. The number of carbonyl (C=O) groups is 1. The van der Waals surface area contributed by atoms with Crippen LogP contribution in [0.25, 0.3) is 22.2 Å². The molecule has 0 bridgehead atoms. The van der Waals surface area contributed by atoms with E-state index >= 15 is 0 Å². The van der Waals surface area contributed by atoms with Gasteiger partial charge in [-0.15, -0.1) is 0 Å². The number of nitrogens with zero attached hydrogens (tertiary/aromatic N) is 6. The van der Waals surface area contributed by atoms with Crippen molar-refractivity contribution in [3.63, 3.8) is 0 Å². The van der Waals surface area contributed by atoms with Gasteiger partial charge in [-0.3, -0.25) is 19.3 Å². The van der Waals surface area contributed by atoms with E-state index in [-0.39, 0.29) is 5.91 Å². The van der Waals surface area contributed by atoms with Crippen molar-refractivity contribution in [2.75, 3.05) is 5.32 Å². The fraction of sp³-hybridized carbons (Fsp3) is 0.0870. The molecule has 2 N–H and O–H groups in total. The summed E-state index contributed by atoms with van der Waals surface area (Å²) in [5.74, 6) is -0.324. The lowest BCUT2D eigenvalue weighted by atomic mass is 10.1. The van der Waals surface area contributed by atoms with E-state index in [4.69, 9.17) is 5.26 Å². The quantitative estimate of drug-likeness (QED) is 0.450. The van der Waals surface area contributed by atoms with E-state index in [1.807, 2.05) is 49.5 Å². The van der Waals surface area contributed by atoms with E-state index in [1.165, 1.54) is 0 Å². The lowest BCUT2D eigenvalue weighted by Crippen LogP contribution is -2.12. The predicted molar refractivity (Wildman–Crippen MR) is 119 cm³/mol. The monoisotopic (exact) mass is 422 g/mol. The van der Waals surface area contributed by atoms with Crippen LogP contribution in [0.5, 0.6) is 0 Å². The zero-order chi connectivity index (χ0) is 22.1. The number of nitriles is 1. The van der Waals surface area contributed by atoms with Gasteiger partial charge in [-0.2, -0.15) is 20.6 Å². The first kappa shape index (κ1) is 19.3. The highest BCUT2D eigenvalue weighted by Gasteiger charge is 2.16. The molecular weight excluding hydrogens is 404 g/mol. The number of fused-ring (bicyclic) bond motifs is 1. The lowest BCUT2D eigenvalue weighted by molar-refractivity contribution is 0.102. The van der Waals surface area contributed by atoms with Crippen LogP contribution in [0.2, 0.25) is 0 Å². The number of rotatable bonds is 5. The zero-order valence-corrected chi connectivity index (χ0v) is 17.1. The molecule has 3 aromatic heterocycles. The molecule has 9 heteroatoms. The molecule has 0 aliphatic rings. The second-order valence-electron chi connectivity index (χ2n) is 7.37. The van der Waals surface area contributed by atoms with Gasteiger partial charge in [0.2, 0.25) is 0 Å². The molecule has 156 valence electrons. The first-order valence-corrected chi connectivity index (χ1v) is 9.90. The fourth-order valence-corrected chi connectivity index (χ4v) is 3.64. The van der Waals surface area contributed by atoms with E-state index in [0.29, 0.717) is 23.5 Å². The molecule has 5 rings (SSSR count). The van der Waals surface area contributed by atoms with Gasteiger partial charge in [0.05, 0.1) is 41.3 Å². The van der Waals surface area contributed by atoms with Crippen molar-refractivity contribution in [1.29, 1.82) is 5.26 Å². The van der Waals surface area contributed by atoms with Crippen LogP contribution in [-0.2, 0) is 13.6 Å². The van der Waals surface area contributed by atoms with Crippen LogP contribution in [-0.4, -0.2) is 35.7 Å². The molecule has 0 fully saturated rings. The number of benzene rings is 2. The number of aromatic amines is 1. The van der Waals surface area contributed by atoms with Gasteiger partial charge >= 0.3 is 0 Å². The molecule has 0 radical (unpaired) electrons. The molecule has 3 heterocycles. The summed E-state index contributed by atoms with van der Waals surface area (Å²) in [4.78, 5) is 12.8. The normalized spacial score (nSPS) is 10.9. The molecule has 0 saturated heterocycles. The number of aromatic nitrogens is 6. The van der Waals surface area contributed by atoms with Gasteiger partial charge in [0, 0.05) is 30.4 Å². The second kappa shape index (κ2) is 7.85. The average molecular weight is 422 g/mol. The van der Waals surface area contributed by atoms with Gasteiger partial charge in [-0.25, -0.2) is 0 Å². The maximum atomic E-state index is 12.8. The summed E-state index contributed by atoms with van der Waals surface area (Å²) >= 11 is 0. The topological polar surface area (TPSA) is 117 Å². The van der Waals surface area contributed by atoms with Gasteiger partial charge in [0.25, 0.3) is 5.91 Å². The van der Waals surface area contributed by atoms with Crippen LogP contribution in [0.15, 0.2) is 67.1 Å². The third-order valence-corrected chi connectivity index (χ3v) is 5.19. The smallest absolute Gasteiger partial charge is 0.276 e. The van der Waals surface area contributed by atoms with Crippen molar-refractivity contribution in [3.8, 4) is 17.3 Å². The number of amides is 1. The van der Waals surface area contributed by atoms with Crippen molar-refractivity contribution in [2.24, 2.45) is 7.05 Å². The van der Waals surface area contributed by atoms with Gasteiger partial charge in [0.1, 0.15) is 0 Å². The van der Waals surface area contributed by atoms with Crippen LogP contribution in [0.3, 0.4) is 0 Å². The van der Waals surface area contributed by atoms with Crippen molar-refractivity contribution >= 4 is 22.5 Å². The van der Waals surface area contributed by atoms with Crippen molar-refractivity contribution < 1.29 is 4.79 Å². The number of anilines is 1. The summed E-state index contributed by atoms with van der Waals surface area (Å²) < 4.78 is 3.49. The van der Waals surface area contributed by atoms with Crippen LogP contribution < -0.4 is 5.32 Å². The van der Waals surface area contributed by atoms with E-state index in [1.54, 1.807) is 34.0 Å². The van der Waals surface area contributed by atoms with Crippen molar-refractivity contribution in [1.82, 2.24) is 29.8 Å². The minimum absolute atomic E-state index is 0.311. The third kappa shape index (κ3) is 3.61. The Kier molecular flexibility index (Phi) is 4.72. The Morgan fingerprint density at radius 3 is 2.91 bits per heavy atom.